The summed E-state index contributed by atoms with van der Waals surface area (Å²) in [6.07, 6.45) is 6.85. The largest absolute Gasteiger partial charge is 0.494 e. The molecule has 2 saturated heterocycles. The number of nitrogens with one attached hydrogen (secondary N) is 3. The molecule has 1 unspecified atom stereocenters. The average Bonchev–Trinajstić information content (AvgIpc) is 3.80. The number of quaternary nitrogens is 1. The number of piperidine rings is 1. The number of aromatic nitrogens is 3. The molecule has 52 heavy (non-hydrogen) atoms. The highest BCUT2D eigenvalue weighted by molar-refractivity contribution is 5.96. The summed E-state index contributed by atoms with van der Waals surface area (Å²) in [6.45, 7) is 6.01. The van der Waals surface area contributed by atoms with Crippen molar-refractivity contribution in [1.82, 2.24) is 29.9 Å². The van der Waals surface area contributed by atoms with Gasteiger partial charge in [-0.15, -0.1) is 0 Å². The molecule has 6 rings (SSSR count). The van der Waals surface area contributed by atoms with E-state index in [1.54, 1.807) is 22.7 Å². The van der Waals surface area contributed by atoms with Gasteiger partial charge in [-0.25, -0.2) is 19.2 Å². The maximum Gasteiger partial charge on any atom is 0.407 e. The molecule has 0 saturated carbocycles. The van der Waals surface area contributed by atoms with Crippen LogP contribution < -0.4 is 20.7 Å². The highest BCUT2D eigenvalue weighted by Gasteiger charge is 2.33. The van der Waals surface area contributed by atoms with Crippen molar-refractivity contribution in [2.75, 3.05) is 65.3 Å². The Morgan fingerprint density at radius 2 is 1.79 bits per heavy atom. The first-order valence-corrected chi connectivity index (χ1v) is 17.6. The Morgan fingerprint density at radius 1 is 1.02 bits per heavy atom. The number of imidazole rings is 1. The molecule has 2 aromatic carbocycles. The van der Waals surface area contributed by atoms with Crippen LogP contribution in [0.3, 0.4) is 0 Å². The number of hydrogen-bond acceptors (Lipinski definition) is 7. The van der Waals surface area contributed by atoms with Crippen LogP contribution in [0.2, 0.25) is 0 Å². The molecule has 4 aromatic rings. The zero-order chi connectivity index (χ0) is 37.0. The van der Waals surface area contributed by atoms with Crippen LogP contribution in [-0.4, -0.2) is 107 Å². The Bertz CT molecular complexity index is 1960. The maximum absolute atomic E-state index is 14.9. The van der Waals surface area contributed by atoms with Crippen LogP contribution in [0.15, 0.2) is 48.9 Å². The number of amides is 3. The van der Waals surface area contributed by atoms with E-state index in [9.17, 15) is 23.2 Å². The summed E-state index contributed by atoms with van der Waals surface area (Å²) in [6, 6.07) is 8.28. The number of carboxylic acid groups (broad SMARTS) is 1. The SMILES string of the molecule is CCc1cc(Nc2nccn3c(-c4ccc(OC)c(F)c4F)cnc23)ccc1C(=O)NCC1CC[N+](C)(CC(=O)NCC2CCN(C(=O)O)C2)CC1. The number of carbonyl (C=O) groups excluding carboxylic acids is 2. The van der Waals surface area contributed by atoms with Crippen LogP contribution in [0.1, 0.15) is 42.1 Å². The van der Waals surface area contributed by atoms with Crippen LogP contribution in [0.25, 0.3) is 16.9 Å². The number of carbonyl (C=O) groups is 3. The van der Waals surface area contributed by atoms with E-state index in [1.807, 2.05) is 13.0 Å². The van der Waals surface area contributed by atoms with Gasteiger partial charge in [-0.3, -0.25) is 14.0 Å². The van der Waals surface area contributed by atoms with Crippen LogP contribution in [0.4, 0.5) is 25.1 Å². The maximum atomic E-state index is 14.9. The quantitative estimate of drug-likeness (QED) is 0.154. The third-order valence-corrected chi connectivity index (χ3v) is 10.3. The van der Waals surface area contributed by atoms with Crippen molar-refractivity contribution >= 4 is 35.1 Å². The molecule has 0 bridgehead atoms. The second-order valence-corrected chi connectivity index (χ2v) is 14.0. The predicted octanol–water partition coefficient (Wildman–Crippen LogP) is 4.69. The van der Waals surface area contributed by atoms with Crippen LogP contribution in [0.5, 0.6) is 5.75 Å². The van der Waals surface area contributed by atoms with Crippen molar-refractivity contribution in [2.24, 2.45) is 11.8 Å². The van der Waals surface area contributed by atoms with Crippen molar-refractivity contribution < 1.29 is 37.5 Å². The predicted molar refractivity (Wildman–Crippen MR) is 191 cm³/mol. The number of halogens is 2. The summed E-state index contributed by atoms with van der Waals surface area (Å²) in [5.74, 6) is -1.61. The Kier molecular flexibility index (Phi) is 10.9. The molecule has 4 heterocycles. The fourth-order valence-corrected chi connectivity index (χ4v) is 7.19. The summed E-state index contributed by atoms with van der Waals surface area (Å²) >= 11 is 0. The highest BCUT2D eigenvalue weighted by Crippen LogP contribution is 2.32. The van der Waals surface area contributed by atoms with Gasteiger partial charge in [0.2, 0.25) is 5.82 Å². The van der Waals surface area contributed by atoms with Gasteiger partial charge in [0.15, 0.2) is 29.6 Å². The second-order valence-electron chi connectivity index (χ2n) is 14.0. The van der Waals surface area contributed by atoms with Crippen molar-refractivity contribution in [3.8, 4) is 17.0 Å². The van der Waals surface area contributed by atoms with Crippen molar-refractivity contribution in [2.45, 2.75) is 32.6 Å². The molecular weight excluding hydrogens is 674 g/mol. The lowest BCUT2D eigenvalue weighted by Gasteiger charge is -2.40. The molecular formula is C37H45F2N8O5+. The van der Waals surface area contributed by atoms with E-state index in [1.165, 1.54) is 36.5 Å². The zero-order valence-electron chi connectivity index (χ0n) is 29.6. The van der Waals surface area contributed by atoms with Gasteiger partial charge in [-0.05, 0) is 60.6 Å². The number of ether oxygens (including phenoxy) is 1. The van der Waals surface area contributed by atoms with Gasteiger partial charge < -0.3 is 35.2 Å². The average molecular weight is 720 g/mol. The molecule has 0 spiro atoms. The number of aryl methyl sites for hydroxylation is 1. The summed E-state index contributed by atoms with van der Waals surface area (Å²) in [5, 5.41) is 18.5. The normalized spacial score (nSPS) is 20.1. The van der Waals surface area contributed by atoms with Gasteiger partial charge in [-0.2, -0.15) is 4.39 Å². The van der Waals surface area contributed by atoms with Gasteiger partial charge in [0, 0.05) is 68.2 Å². The monoisotopic (exact) mass is 719 g/mol. The smallest absolute Gasteiger partial charge is 0.407 e. The minimum atomic E-state index is -1.08. The number of fused-ring (bicyclic) bond motifs is 1. The van der Waals surface area contributed by atoms with Gasteiger partial charge in [0.1, 0.15) is 0 Å². The number of anilines is 2. The van der Waals surface area contributed by atoms with E-state index in [2.05, 4.69) is 33.0 Å². The molecule has 2 fully saturated rings. The first kappa shape index (κ1) is 36.5. The molecule has 276 valence electrons. The van der Waals surface area contributed by atoms with Gasteiger partial charge in [0.05, 0.1) is 39.1 Å². The fourth-order valence-electron chi connectivity index (χ4n) is 7.19. The van der Waals surface area contributed by atoms with Crippen LogP contribution in [0, 0.1) is 23.5 Å². The zero-order valence-corrected chi connectivity index (χ0v) is 29.6. The summed E-state index contributed by atoms with van der Waals surface area (Å²) in [7, 11) is 3.36. The number of rotatable bonds is 12. The standard InChI is InChI=1S/C37H44F2N8O5/c1-4-25-17-26(44-34-35-42-20-29(46(35)14-12-40-34)28-7-8-30(52-3)33(39)32(28)38)5-6-27(25)36(49)43-18-23-10-15-47(2,16-11-23)22-31(48)41-19-24-9-13-45(21-24)37(50)51/h5-8,12,14,17,20,23-24H,4,9-11,13,15-16,18-19,21-22H2,1-3H3,(H3-,40,41,43,44,48,49,50,51)/p+1. The minimum absolute atomic E-state index is 0.0179. The van der Waals surface area contributed by atoms with Crippen LogP contribution in [-0.2, 0) is 11.2 Å². The lowest BCUT2D eigenvalue weighted by Crippen LogP contribution is -2.55. The van der Waals surface area contributed by atoms with Crippen LogP contribution >= 0.6 is 0 Å². The Labute approximate surface area is 300 Å². The Balaban J connectivity index is 1.02. The lowest BCUT2D eigenvalue weighted by molar-refractivity contribution is -0.907. The lowest BCUT2D eigenvalue weighted by atomic mass is 9.94. The van der Waals surface area contributed by atoms with E-state index in [4.69, 9.17) is 9.84 Å². The summed E-state index contributed by atoms with van der Waals surface area (Å²) < 4.78 is 36.5. The fraction of sp³-hybridized carbons (Fsp3) is 0.432. The topological polar surface area (TPSA) is 150 Å². The number of benzene rings is 2. The van der Waals surface area contributed by atoms with Gasteiger partial charge in [0.25, 0.3) is 11.8 Å². The summed E-state index contributed by atoms with van der Waals surface area (Å²) in [4.78, 5) is 47.5. The Morgan fingerprint density at radius 3 is 2.50 bits per heavy atom. The molecule has 0 aliphatic carbocycles. The number of methoxy groups -OCH3 is 1. The van der Waals surface area contributed by atoms with Crippen molar-refractivity contribution in [3.05, 3.63) is 71.7 Å². The van der Waals surface area contributed by atoms with E-state index < -0.39 is 17.7 Å². The van der Waals surface area contributed by atoms with E-state index >= 15 is 0 Å². The van der Waals surface area contributed by atoms with Gasteiger partial charge >= 0.3 is 6.09 Å². The van der Waals surface area contributed by atoms with Gasteiger partial charge in [-0.1, -0.05) is 6.92 Å². The number of nitrogens with zero attached hydrogens (tertiary/aromatic N) is 5. The van der Waals surface area contributed by atoms with E-state index in [0.29, 0.717) is 78.0 Å². The third-order valence-electron chi connectivity index (χ3n) is 10.3. The molecule has 2 aromatic heterocycles. The Hall–Kier alpha value is -5.31. The molecule has 4 N–H and O–H groups in total. The van der Waals surface area contributed by atoms with Crippen molar-refractivity contribution in [1.29, 1.82) is 0 Å². The first-order valence-electron chi connectivity index (χ1n) is 17.6. The minimum Gasteiger partial charge on any atom is -0.494 e. The third kappa shape index (κ3) is 7.93. The molecule has 15 heteroatoms. The summed E-state index contributed by atoms with van der Waals surface area (Å²) in [5.41, 5.74) is 2.92. The molecule has 2 aliphatic heterocycles. The van der Waals surface area contributed by atoms with Crippen molar-refractivity contribution in [3.63, 3.8) is 0 Å². The number of likely N-dealkylation sites (N-methyl/N-ethyl adjacent to an activating group) is 1. The van der Waals surface area contributed by atoms with E-state index in [-0.39, 0.29) is 29.0 Å². The first-order chi connectivity index (χ1) is 25.0. The van der Waals surface area contributed by atoms with E-state index in [0.717, 1.165) is 37.9 Å². The molecule has 13 nitrogen and oxygen atoms in total. The number of hydrogen-bond donors (Lipinski definition) is 4. The molecule has 0 radical (unpaired) electrons. The molecule has 2 aliphatic rings. The molecule has 1 atom stereocenters. The number of likely N-dealkylation sites (tertiary alicyclic amines) is 2. The highest BCUT2D eigenvalue weighted by atomic mass is 19.2. The second kappa shape index (κ2) is 15.5. The molecule has 3 amide bonds.